The van der Waals surface area contributed by atoms with Crippen molar-refractivity contribution in [1.82, 2.24) is 10.2 Å². The third kappa shape index (κ3) is 3.78. The number of carbonyl (C=O) groups is 1. The van der Waals surface area contributed by atoms with Gasteiger partial charge in [-0.25, -0.2) is 4.79 Å². The summed E-state index contributed by atoms with van der Waals surface area (Å²) in [6.07, 6.45) is 0.660. The van der Waals surface area contributed by atoms with E-state index in [0.29, 0.717) is 28.8 Å². The first kappa shape index (κ1) is 15.3. The average Bonchev–Trinajstić information content (AvgIpc) is 3.01. The molecule has 0 aliphatic heterocycles. The summed E-state index contributed by atoms with van der Waals surface area (Å²) in [5.41, 5.74) is 0.691. The van der Waals surface area contributed by atoms with Crippen LogP contribution >= 0.6 is 11.8 Å². The molecule has 118 valence electrons. The molecule has 0 aliphatic carbocycles. The molecular formula is C15H13N3O4S. The zero-order valence-electron chi connectivity index (χ0n) is 12.2. The molecule has 0 unspecified atom stereocenters. The van der Waals surface area contributed by atoms with Gasteiger partial charge in [-0.1, -0.05) is 18.7 Å². The number of amides is 1. The molecule has 3 rings (SSSR count). The van der Waals surface area contributed by atoms with E-state index in [2.05, 4.69) is 15.5 Å². The maximum Gasteiger partial charge on any atom is 0.336 e. The topological polar surface area (TPSA) is 98.2 Å². The predicted octanol–water partition coefficient (Wildman–Crippen LogP) is 2.47. The molecule has 0 saturated heterocycles. The van der Waals surface area contributed by atoms with Crippen LogP contribution in [0, 0.1) is 0 Å². The molecule has 3 aromatic rings. The molecule has 0 bridgehead atoms. The SMILES string of the molecule is CCc1nnc(SCC(=O)Nc2ccc3oc(=O)ccc3c2)o1. The Kier molecular flexibility index (Phi) is 4.42. The Hall–Kier alpha value is -2.61. The Balaban J connectivity index is 1.63. The molecule has 1 amide bonds. The monoisotopic (exact) mass is 331 g/mol. The lowest BCUT2D eigenvalue weighted by atomic mass is 10.2. The summed E-state index contributed by atoms with van der Waals surface area (Å²) < 4.78 is 10.4. The van der Waals surface area contributed by atoms with Gasteiger partial charge in [0.25, 0.3) is 5.22 Å². The number of nitrogens with zero attached hydrogens (tertiary/aromatic N) is 2. The van der Waals surface area contributed by atoms with E-state index in [-0.39, 0.29) is 11.7 Å². The molecule has 0 fully saturated rings. The van der Waals surface area contributed by atoms with Crippen molar-refractivity contribution < 1.29 is 13.6 Å². The second-order valence-corrected chi connectivity index (χ2v) is 5.59. The van der Waals surface area contributed by atoms with E-state index in [9.17, 15) is 9.59 Å². The summed E-state index contributed by atoms with van der Waals surface area (Å²) in [6.45, 7) is 1.91. The number of aryl methyl sites for hydroxylation is 1. The van der Waals surface area contributed by atoms with Crippen LogP contribution in [0.2, 0.25) is 0 Å². The van der Waals surface area contributed by atoms with Crippen LogP contribution in [-0.4, -0.2) is 21.9 Å². The number of hydrogen-bond acceptors (Lipinski definition) is 7. The van der Waals surface area contributed by atoms with Crippen LogP contribution in [0.1, 0.15) is 12.8 Å². The Morgan fingerprint density at radius 2 is 2.09 bits per heavy atom. The fourth-order valence-electron chi connectivity index (χ4n) is 1.91. The van der Waals surface area contributed by atoms with Gasteiger partial charge >= 0.3 is 5.63 Å². The zero-order valence-corrected chi connectivity index (χ0v) is 13.1. The number of carbonyl (C=O) groups excluding carboxylic acids is 1. The number of hydrogen-bond donors (Lipinski definition) is 1. The van der Waals surface area contributed by atoms with E-state index < -0.39 is 5.63 Å². The smallest absolute Gasteiger partial charge is 0.336 e. The first-order valence-electron chi connectivity index (χ1n) is 6.93. The van der Waals surface area contributed by atoms with E-state index in [0.717, 1.165) is 5.39 Å². The number of nitrogens with one attached hydrogen (secondary N) is 1. The molecule has 0 radical (unpaired) electrons. The molecule has 7 nitrogen and oxygen atoms in total. The molecule has 0 atom stereocenters. The number of benzene rings is 1. The molecule has 1 aromatic carbocycles. The van der Waals surface area contributed by atoms with Crippen molar-refractivity contribution in [3.8, 4) is 0 Å². The highest BCUT2D eigenvalue weighted by molar-refractivity contribution is 7.99. The van der Waals surface area contributed by atoms with Crippen molar-refractivity contribution in [1.29, 1.82) is 0 Å². The summed E-state index contributed by atoms with van der Waals surface area (Å²) in [5.74, 6) is 0.514. The lowest BCUT2D eigenvalue weighted by Crippen LogP contribution is -2.14. The molecule has 2 heterocycles. The molecule has 8 heteroatoms. The van der Waals surface area contributed by atoms with Crippen LogP contribution in [-0.2, 0) is 11.2 Å². The highest BCUT2D eigenvalue weighted by atomic mass is 32.2. The number of aromatic nitrogens is 2. The van der Waals surface area contributed by atoms with Crippen molar-refractivity contribution in [3.63, 3.8) is 0 Å². The molecule has 23 heavy (non-hydrogen) atoms. The van der Waals surface area contributed by atoms with Crippen LogP contribution in [0.25, 0.3) is 11.0 Å². The van der Waals surface area contributed by atoms with Gasteiger partial charge in [0.1, 0.15) is 5.58 Å². The van der Waals surface area contributed by atoms with Gasteiger partial charge in [0.2, 0.25) is 11.8 Å². The molecule has 0 spiro atoms. The first-order chi connectivity index (χ1) is 11.1. The minimum absolute atomic E-state index is 0.160. The van der Waals surface area contributed by atoms with E-state index in [4.69, 9.17) is 8.83 Å². The summed E-state index contributed by atoms with van der Waals surface area (Å²) in [4.78, 5) is 23.1. The van der Waals surface area contributed by atoms with Crippen molar-refractivity contribution in [3.05, 3.63) is 46.6 Å². The average molecular weight is 331 g/mol. The quantitative estimate of drug-likeness (QED) is 0.566. The second kappa shape index (κ2) is 6.66. The molecular weight excluding hydrogens is 318 g/mol. The molecule has 1 N–H and O–H groups in total. The van der Waals surface area contributed by atoms with Crippen LogP contribution in [0.5, 0.6) is 0 Å². The van der Waals surface area contributed by atoms with E-state index >= 15 is 0 Å². The summed E-state index contributed by atoms with van der Waals surface area (Å²) in [6, 6.07) is 8.05. The maximum absolute atomic E-state index is 12.0. The van der Waals surface area contributed by atoms with Gasteiger partial charge in [-0.2, -0.15) is 0 Å². The molecule has 0 aliphatic rings. The summed E-state index contributed by atoms with van der Waals surface area (Å²) in [7, 11) is 0. The van der Waals surface area contributed by atoms with Crippen LogP contribution < -0.4 is 10.9 Å². The minimum atomic E-state index is -0.406. The highest BCUT2D eigenvalue weighted by Gasteiger charge is 2.09. The lowest BCUT2D eigenvalue weighted by molar-refractivity contribution is -0.113. The largest absolute Gasteiger partial charge is 0.423 e. The Labute approximate surface area is 135 Å². The van der Waals surface area contributed by atoms with Crippen LogP contribution in [0.15, 0.2) is 49.2 Å². The van der Waals surface area contributed by atoms with Crippen molar-refractivity contribution >= 4 is 34.3 Å². The van der Waals surface area contributed by atoms with Gasteiger partial charge in [0.15, 0.2) is 0 Å². The van der Waals surface area contributed by atoms with E-state index in [1.54, 1.807) is 24.3 Å². The van der Waals surface area contributed by atoms with Crippen molar-refractivity contribution in [2.24, 2.45) is 0 Å². The van der Waals surface area contributed by atoms with Gasteiger partial charge in [0, 0.05) is 23.6 Å². The highest BCUT2D eigenvalue weighted by Crippen LogP contribution is 2.19. The van der Waals surface area contributed by atoms with Crippen molar-refractivity contribution in [2.45, 2.75) is 18.6 Å². The Morgan fingerprint density at radius 1 is 1.22 bits per heavy atom. The second-order valence-electron chi connectivity index (χ2n) is 4.66. The van der Waals surface area contributed by atoms with Gasteiger partial charge < -0.3 is 14.2 Å². The van der Waals surface area contributed by atoms with Gasteiger partial charge in [-0.15, -0.1) is 10.2 Å². The maximum atomic E-state index is 12.0. The van der Waals surface area contributed by atoms with Crippen molar-refractivity contribution in [2.75, 3.05) is 11.1 Å². The Bertz CT molecular complexity index is 903. The molecule has 2 aromatic heterocycles. The van der Waals surface area contributed by atoms with Gasteiger partial charge in [-0.3, -0.25) is 4.79 Å². The number of fused-ring (bicyclic) bond motifs is 1. The minimum Gasteiger partial charge on any atom is -0.423 e. The van der Waals surface area contributed by atoms with Crippen LogP contribution in [0.4, 0.5) is 5.69 Å². The Morgan fingerprint density at radius 3 is 2.87 bits per heavy atom. The number of rotatable bonds is 5. The third-order valence-corrected chi connectivity index (χ3v) is 3.80. The number of thioether (sulfide) groups is 1. The van der Waals surface area contributed by atoms with E-state index in [1.807, 2.05) is 6.92 Å². The zero-order chi connectivity index (χ0) is 16.2. The fourth-order valence-corrected chi connectivity index (χ4v) is 2.49. The van der Waals surface area contributed by atoms with Gasteiger partial charge in [-0.05, 0) is 24.3 Å². The number of anilines is 1. The van der Waals surface area contributed by atoms with E-state index in [1.165, 1.54) is 17.8 Å². The van der Waals surface area contributed by atoms with Crippen LogP contribution in [0.3, 0.4) is 0 Å². The van der Waals surface area contributed by atoms with Gasteiger partial charge in [0.05, 0.1) is 5.75 Å². The standard InChI is InChI=1S/C15H13N3O4S/c1-2-13-17-18-15(22-13)23-8-12(19)16-10-4-5-11-9(7-10)3-6-14(20)21-11/h3-7H,2,8H2,1H3,(H,16,19). The predicted molar refractivity (Wildman–Crippen MR) is 85.5 cm³/mol. The summed E-state index contributed by atoms with van der Waals surface area (Å²) >= 11 is 1.18. The molecule has 0 saturated carbocycles. The first-order valence-corrected chi connectivity index (χ1v) is 7.91. The lowest BCUT2D eigenvalue weighted by Gasteiger charge is -2.05. The normalized spacial score (nSPS) is 10.8. The summed E-state index contributed by atoms with van der Waals surface area (Å²) in [5, 5.41) is 11.6. The fraction of sp³-hybridized carbons (Fsp3) is 0.200. The third-order valence-electron chi connectivity index (χ3n) is 2.98.